The summed E-state index contributed by atoms with van der Waals surface area (Å²) in [6, 6.07) is 8.19. The highest BCUT2D eigenvalue weighted by Gasteiger charge is 2.14. The van der Waals surface area contributed by atoms with Gasteiger partial charge in [0.15, 0.2) is 0 Å². The fourth-order valence-corrected chi connectivity index (χ4v) is 2.40. The zero-order valence-corrected chi connectivity index (χ0v) is 13.4. The van der Waals surface area contributed by atoms with Crippen molar-refractivity contribution >= 4 is 11.6 Å². The van der Waals surface area contributed by atoms with Gasteiger partial charge in [-0.3, -0.25) is 4.98 Å². The fourth-order valence-electron chi connectivity index (χ4n) is 2.21. The number of hydrogen-bond acceptors (Lipinski definition) is 3. The summed E-state index contributed by atoms with van der Waals surface area (Å²) in [6.07, 6.45) is 4.58. The number of aromatic nitrogens is 1. The molecule has 21 heavy (non-hydrogen) atoms. The van der Waals surface area contributed by atoms with Gasteiger partial charge in [0, 0.05) is 11.2 Å². The maximum atomic E-state index is 6.23. The van der Waals surface area contributed by atoms with Crippen molar-refractivity contribution in [3.8, 4) is 5.75 Å². The molecule has 0 saturated heterocycles. The molecule has 1 aromatic heterocycles. The molecule has 1 atom stereocenters. The van der Waals surface area contributed by atoms with Gasteiger partial charge in [0.2, 0.25) is 0 Å². The van der Waals surface area contributed by atoms with Crippen LogP contribution < -0.4 is 10.1 Å². The Kier molecular flexibility index (Phi) is 5.59. The van der Waals surface area contributed by atoms with E-state index in [2.05, 4.69) is 23.3 Å². The number of halogens is 1. The van der Waals surface area contributed by atoms with Crippen molar-refractivity contribution in [2.24, 2.45) is 0 Å². The Bertz CT molecular complexity index is 601. The Labute approximate surface area is 131 Å². The van der Waals surface area contributed by atoms with Crippen LogP contribution in [0.2, 0.25) is 5.02 Å². The molecule has 0 radical (unpaired) electrons. The van der Waals surface area contributed by atoms with Crippen LogP contribution in [0.15, 0.2) is 36.7 Å². The highest BCUT2D eigenvalue weighted by Crippen LogP contribution is 2.27. The van der Waals surface area contributed by atoms with Crippen LogP contribution in [-0.2, 0) is 0 Å². The number of benzene rings is 1. The lowest BCUT2D eigenvalue weighted by Gasteiger charge is -2.18. The van der Waals surface area contributed by atoms with Gasteiger partial charge in [-0.05, 0) is 49.2 Å². The molecule has 0 aliphatic heterocycles. The quantitative estimate of drug-likeness (QED) is 0.871. The normalized spacial score (nSPS) is 12.2. The molecular weight excluding hydrogens is 284 g/mol. The topological polar surface area (TPSA) is 34.1 Å². The van der Waals surface area contributed by atoms with Gasteiger partial charge in [-0.25, -0.2) is 0 Å². The summed E-state index contributed by atoms with van der Waals surface area (Å²) in [7, 11) is 1.93. The van der Waals surface area contributed by atoms with E-state index in [1.807, 2.05) is 38.4 Å². The van der Waals surface area contributed by atoms with E-state index in [1.54, 1.807) is 6.20 Å². The molecule has 1 aromatic carbocycles. The van der Waals surface area contributed by atoms with E-state index in [-0.39, 0.29) is 6.04 Å². The highest BCUT2D eigenvalue weighted by atomic mass is 35.5. The maximum absolute atomic E-state index is 6.23. The summed E-state index contributed by atoms with van der Waals surface area (Å²) in [5.74, 6) is 0.799. The predicted molar refractivity (Wildman–Crippen MR) is 87.1 cm³/mol. The van der Waals surface area contributed by atoms with Crippen LogP contribution in [0.4, 0.5) is 0 Å². The van der Waals surface area contributed by atoms with Crippen LogP contribution >= 0.6 is 11.6 Å². The van der Waals surface area contributed by atoms with Gasteiger partial charge in [0.25, 0.3) is 0 Å². The maximum Gasteiger partial charge on any atom is 0.137 e. The number of nitrogens with zero attached hydrogens (tertiary/aromatic N) is 1. The minimum atomic E-state index is 0.0424. The van der Waals surface area contributed by atoms with Gasteiger partial charge in [0.05, 0.1) is 18.8 Å². The summed E-state index contributed by atoms with van der Waals surface area (Å²) in [6.45, 7) is 4.79. The molecule has 1 heterocycles. The fraction of sp³-hybridized carbons (Fsp3) is 0.353. The molecule has 0 aliphatic rings. The summed E-state index contributed by atoms with van der Waals surface area (Å²) in [4.78, 5) is 4.27. The molecule has 2 rings (SSSR count). The van der Waals surface area contributed by atoms with Crippen molar-refractivity contribution in [3.63, 3.8) is 0 Å². The summed E-state index contributed by atoms with van der Waals surface area (Å²) < 4.78 is 5.65. The van der Waals surface area contributed by atoms with Crippen molar-refractivity contribution in [3.05, 3.63) is 58.4 Å². The second kappa shape index (κ2) is 7.43. The largest absolute Gasteiger partial charge is 0.492 e. The van der Waals surface area contributed by atoms with E-state index >= 15 is 0 Å². The minimum Gasteiger partial charge on any atom is -0.492 e. The third-order valence-corrected chi connectivity index (χ3v) is 3.77. The van der Waals surface area contributed by atoms with E-state index < -0.39 is 0 Å². The third-order valence-electron chi connectivity index (χ3n) is 3.36. The van der Waals surface area contributed by atoms with Crippen molar-refractivity contribution in [1.82, 2.24) is 10.3 Å². The third kappa shape index (κ3) is 3.96. The van der Waals surface area contributed by atoms with Crippen molar-refractivity contribution in [2.75, 3.05) is 13.7 Å². The lowest BCUT2D eigenvalue weighted by molar-refractivity contribution is 0.315. The van der Waals surface area contributed by atoms with Crippen LogP contribution in [0.25, 0.3) is 0 Å². The van der Waals surface area contributed by atoms with Gasteiger partial charge < -0.3 is 10.1 Å². The van der Waals surface area contributed by atoms with Crippen LogP contribution in [0.5, 0.6) is 5.75 Å². The molecule has 0 amide bonds. The van der Waals surface area contributed by atoms with Gasteiger partial charge >= 0.3 is 0 Å². The van der Waals surface area contributed by atoms with Crippen LogP contribution in [-0.4, -0.2) is 18.6 Å². The Morgan fingerprint density at radius 2 is 2.05 bits per heavy atom. The number of nitrogens with one attached hydrogen (secondary N) is 1. The van der Waals surface area contributed by atoms with E-state index in [0.29, 0.717) is 6.61 Å². The van der Waals surface area contributed by atoms with Gasteiger partial charge in [-0.15, -0.1) is 0 Å². The SMILES string of the molecule is CCCOc1cncc(C(NC)c2ccc(C)c(Cl)c2)c1. The van der Waals surface area contributed by atoms with Crippen molar-refractivity contribution in [2.45, 2.75) is 26.3 Å². The molecule has 3 nitrogen and oxygen atoms in total. The number of ether oxygens (including phenoxy) is 1. The number of hydrogen-bond donors (Lipinski definition) is 1. The predicted octanol–water partition coefficient (Wildman–Crippen LogP) is 4.14. The smallest absolute Gasteiger partial charge is 0.137 e. The molecular formula is C17H21ClN2O. The van der Waals surface area contributed by atoms with Crippen LogP contribution in [0.1, 0.15) is 36.1 Å². The van der Waals surface area contributed by atoms with Crippen LogP contribution in [0.3, 0.4) is 0 Å². The van der Waals surface area contributed by atoms with E-state index in [0.717, 1.165) is 33.9 Å². The van der Waals surface area contributed by atoms with Crippen LogP contribution in [0, 0.1) is 6.92 Å². The second-order valence-electron chi connectivity index (χ2n) is 5.03. The molecule has 0 aliphatic carbocycles. The summed E-state index contributed by atoms with van der Waals surface area (Å²) >= 11 is 6.23. The second-order valence-corrected chi connectivity index (χ2v) is 5.44. The molecule has 1 unspecified atom stereocenters. The van der Waals surface area contributed by atoms with Gasteiger partial charge in [-0.2, -0.15) is 0 Å². The Balaban J connectivity index is 2.30. The molecule has 112 valence electrons. The Hall–Kier alpha value is -1.58. The standard InChI is InChI=1S/C17H21ClN2O/c1-4-7-21-15-8-14(10-20-11-15)17(19-3)13-6-5-12(2)16(18)9-13/h5-6,8-11,17,19H,4,7H2,1-3H3. The summed E-state index contributed by atoms with van der Waals surface area (Å²) in [5, 5.41) is 4.09. The first-order chi connectivity index (χ1) is 10.2. The first kappa shape index (κ1) is 15.8. The lowest BCUT2D eigenvalue weighted by atomic mass is 9.99. The van der Waals surface area contributed by atoms with Crippen molar-refractivity contribution < 1.29 is 4.74 Å². The molecule has 4 heteroatoms. The molecule has 0 saturated carbocycles. The molecule has 0 spiro atoms. The average Bonchev–Trinajstić information content (AvgIpc) is 2.50. The number of pyridine rings is 1. The molecule has 2 aromatic rings. The zero-order chi connectivity index (χ0) is 15.2. The van der Waals surface area contributed by atoms with E-state index in [4.69, 9.17) is 16.3 Å². The first-order valence-corrected chi connectivity index (χ1v) is 7.54. The monoisotopic (exact) mass is 304 g/mol. The Morgan fingerprint density at radius 1 is 1.24 bits per heavy atom. The van der Waals surface area contributed by atoms with Gasteiger partial charge in [0.1, 0.15) is 5.75 Å². The average molecular weight is 305 g/mol. The first-order valence-electron chi connectivity index (χ1n) is 7.16. The molecule has 1 N–H and O–H groups in total. The van der Waals surface area contributed by atoms with Gasteiger partial charge in [-0.1, -0.05) is 30.7 Å². The lowest BCUT2D eigenvalue weighted by Crippen LogP contribution is -2.18. The molecule has 0 fully saturated rings. The zero-order valence-electron chi connectivity index (χ0n) is 12.7. The van der Waals surface area contributed by atoms with E-state index in [1.165, 1.54) is 0 Å². The summed E-state index contributed by atoms with van der Waals surface area (Å²) in [5.41, 5.74) is 3.25. The van der Waals surface area contributed by atoms with E-state index in [9.17, 15) is 0 Å². The number of rotatable bonds is 6. The minimum absolute atomic E-state index is 0.0424. The highest BCUT2D eigenvalue weighted by molar-refractivity contribution is 6.31. The van der Waals surface area contributed by atoms with Crippen molar-refractivity contribution in [1.29, 1.82) is 0 Å². The number of aryl methyl sites for hydroxylation is 1. The molecule has 0 bridgehead atoms. The Morgan fingerprint density at radius 3 is 2.71 bits per heavy atom.